The van der Waals surface area contributed by atoms with Gasteiger partial charge in [0.2, 0.25) is 0 Å². The molecule has 4 N–H and O–H groups in total. The van der Waals surface area contributed by atoms with Crippen LogP contribution in [0, 0.1) is 13.8 Å². The molecule has 0 spiro atoms. The van der Waals surface area contributed by atoms with Gasteiger partial charge in [-0.3, -0.25) is 0 Å². The van der Waals surface area contributed by atoms with Crippen molar-refractivity contribution in [1.82, 2.24) is 9.97 Å². The van der Waals surface area contributed by atoms with E-state index < -0.39 is 0 Å². The Morgan fingerprint density at radius 1 is 0.639 bits per heavy atom. The van der Waals surface area contributed by atoms with Gasteiger partial charge in [0.05, 0.1) is 17.3 Å². The zero-order valence-corrected chi connectivity index (χ0v) is 22.5. The third-order valence-electron chi connectivity index (χ3n) is 6.26. The Balaban J connectivity index is 1.74. The molecule has 36 heavy (non-hydrogen) atoms. The van der Waals surface area contributed by atoms with Crippen LogP contribution in [0.2, 0.25) is 0 Å². The molecule has 5 nitrogen and oxygen atoms in total. The number of hydrogen-bond acceptors (Lipinski definition) is 7. The van der Waals surface area contributed by atoms with E-state index in [9.17, 15) is 0 Å². The standard InChI is InChI=1S/C29H29N5S2/c1-17-5-9-20(10-6-17)24-26(35-28(30)32-24)23(19-13-15-22(16-14-19)34(3)4)27-25(33-29(31)36-27)21-11-7-18(2)8-12-21/h5-16,23H,1-4H3,(H2,30,32)(H2,31,33). The Morgan fingerprint density at radius 3 is 1.44 bits per heavy atom. The molecule has 0 amide bonds. The lowest BCUT2D eigenvalue weighted by atomic mass is 9.90. The van der Waals surface area contributed by atoms with Gasteiger partial charge in [0.1, 0.15) is 0 Å². The largest absolute Gasteiger partial charge is 0.378 e. The second kappa shape index (κ2) is 9.76. The fourth-order valence-electron chi connectivity index (χ4n) is 4.31. The van der Waals surface area contributed by atoms with Crippen molar-refractivity contribution >= 4 is 38.6 Å². The number of nitrogens with two attached hydrogens (primary N) is 2. The number of aryl methyl sites for hydroxylation is 2. The first kappa shape index (κ1) is 24.0. The first-order valence-corrected chi connectivity index (χ1v) is 13.4. The summed E-state index contributed by atoms with van der Waals surface area (Å²) in [6, 6.07) is 25.5. The first-order chi connectivity index (χ1) is 17.3. The average molecular weight is 512 g/mol. The molecule has 0 bridgehead atoms. The Morgan fingerprint density at radius 2 is 1.06 bits per heavy atom. The Labute approximate surface area is 220 Å². The molecule has 7 heteroatoms. The van der Waals surface area contributed by atoms with Gasteiger partial charge in [-0.2, -0.15) is 0 Å². The molecule has 0 saturated heterocycles. The molecule has 0 aliphatic carbocycles. The molecule has 0 aliphatic rings. The fraction of sp³-hybridized carbons (Fsp3) is 0.172. The molecule has 0 unspecified atom stereocenters. The number of benzene rings is 3. The minimum Gasteiger partial charge on any atom is -0.378 e. The Hall–Kier alpha value is -3.68. The van der Waals surface area contributed by atoms with E-state index in [1.807, 2.05) is 14.1 Å². The normalized spacial score (nSPS) is 11.2. The highest BCUT2D eigenvalue weighted by atomic mass is 32.1. The third kappa shape index (κ3) is 4.72. The zero-order valence-electron chi connectivity index (χ0n) is 20.8. The second-order valence-corrected chi connectivity index (χ2v) is 11.3. The molecule has 5 aromatic rings. The first-order valence-electron chi connectivity index (χ1n) is 11.7. The van der Waals surface area contributed by atoms with Gasteiger partial charge in [-0.1, -0.05) is 71.8 Å². The van der Waals surface area contributed by atoms with Crippen LogP contribution in [-0.2, 0) is 0 Å². The van der Waals surface area contributed by atoms with E-state index in [0.29, 0.717) is 10.3 Å². The van der Waals surface area contributed by atoms with Crippen LogP contribution in [0.1, 0.15) is 32.4 Å². The Kier molecular flexibility index (Phi) is 6.51. The summed E-state index contributed by atoms with van der Waals surface area (Å²) >= 11 is 3.06. The SMILES string of the molecule is Cc1ccc(-c2nc(N)sc2C(c2ccc(N(C)C)cc2)c2sc(N)nc2-c2ccc(C)cc2)cc1. The molecule has 0 aliphatic heterocycles. The van der Waals surface area contributed by atoms with Crippen molar-refractivity contribution in [2.24, 2.45) is 0 Å². The summed E-state index contributed by atoms with van der Waals surface area (Å²) < 4.78 is 0. The highest BCUT2D eigenvalue weighted by molar-refractivity contribution is 7.17. The van der Waals surface area contributed by atoms with E-state index in [2.05, 4.69) is 91.5 Å². The monoisotopic (exact) mass is 511 g/mol. The number of nitrogen functional groups attached to an aromatic ring is 2. The molecule has 0 atom stereocenters. The van der Waals surface area contributed by atoms with Crippen molar-refractivity contribution in [2.75, 3.05) is 30.5 Å². The van der Waals surface area contributed by atoms with Crippen LogP contribution in [0.25, 0.3) is 22.5 Å². The minimum absolute atomic E-state index is 0.113. The molecule has 182 valence electrons. The summed E-state index contributed by atoms with van der Waals surface area (Å²) in [5.41, 5.74) is 21.3. The number of anilines is 3. The van der Waals surface area contributed by atoms with Crippen molar-refractivity contribution in [2.45, 2.75) is 19.8 Å². The van der Waals surface area contributed by atoms with E-state index >= 15 is 0 Å². The van der Waals surface area contributed by atoms with E-state index in [1.165, 1.54) is 33.8 Å². The summed E-state index contributed by atoms with van der Waals surface area (Å²) in [5, 5.41) is 1.09. The van der Waals surface area contributed by atoms with Gasteiger partial charge >= 0.3 is 0 Å². The lowest BCUT2D eigenvalue weighted by Gasteiger charge is -2.20. The second-order valence-electron chi connectivity index (χ2n) is 9.18. The van der Waals surface area contributed by atoms with Crippen LogP contribution in [-0.4, -0.2) is 24.1 Å². The fourth-order valence-corrected chi connectivity index (χ4v) is 6.38. The average Bonchev–Trinajstić information content (AvgIpc) is 3.43. The number of nitrogens with zero attached hydrogens (tertiary/aromatic N) is 3. The lowest BCUT2D eigenvalue weighted by molar-refractivity contribution is 1.02. The summed E-state index contributed by atoms with van der Waals surface area (Å²) in [6.07, 6.45) is 0. The molecule has 5 rings (SSSR count). The maximum Gasteiger partial charge on any atom is 0.180 e. The molecular weight excluding hydrogens is 482 g/mol. The molecular formula is C29H29N5S2. The smallest absolute Gasteiger partial charge is 0.180 e. The minimum atomic E-state index is -0.113. The topological polar surface area (TPSA) is 81.1 Å². The highest BCUT2D eigenvalue weighted by Crippen LogP contribution is 2.47. The van der Waals surface area contributed by atoms with E-state index in [1.54, 1.807) is 0 Å². The number of thiazole rings is 2. The van der Waals surface area contributed by atoms with Gasteiger partial charge in [-0.05, 0) is 31.5 Å². The van der Waals surface area contributed by atoms with Crippen LogP contribution in [0.15, 0.2) is 72.8 Å². The van der Waals surface area contributed by atoms with Crippen LogP contribution >= 0.6 is 22.7 Å². The van der Waals surface area contributed by atoms with E-state index in [-0.39, 0.29) is 5.92 Å². The molecule has 3 aromatic carbocycles. The predicted molar refractivity (Wildman–Crippen MR) is 155 cm³/mol. The Bertz CT molecular complexity index is 1390. The lowest BCUT2D eigenvalue weighted by Crippen LogP contribution is -2.09. The number of hydrogen-bond donors (Lipinski definition) is 2. The van der Waals surface area contributed by atoms with Gasteiger partial charge in [-0.15, -0.1) is 22.7 Å². The van der Waals surface area contributed by atoms with Crippen LogP contribution in [0.4, 0.5) is 16.0 Å². The van der Waals surface area contributed by atoms with Crippen LogP contribution in [0.3, 0.4) is 0 Å². The maximum atomic E-state index is 6.34. The molecule has 0 fully saturated rings. The highest BCUT2D eigenvalue weighted by Gasteiger charge is 2.29. The van der Waals surface area contributed by atoms with Gasteiger partial charge in [0.25, 0.3) is 0 Å². The van der Waals surface area contributed by atoms with E-state index in [4.69, 9.17) is 21.4 Å². The summed E-state index contributed by atoms with van der Waals surface area (Å²) in [4.78, 5) is 13.9. The quantitative estimate of drug-likeness (QED) is 0.257. The maximum absolute atomic E-state index is 6.34. The summed E-state index contributed by atoms with van der Waals surface area (Å²) in [6.45, 7) is 4.17. The summed E-state index contributed by atoms with van der Waals surface area (Å²) in [5.74, 6) is -0.113. The molecule has 0 saturated carbocycles. The van der Waals surface area contributed by atoms with Crippen LogP contribution < -0.4 is 16.4 Å². The van der Waals surface area contributed by atoms with Gasteiger partial charge in [0.15, 0.2) is 10.3 Å². The van der Waals surface area contributed by atoms with Crippen LogP contribution in [0.5, 0.6) is 0 Å². The zero-order chi connectivity index (χ0) is 25.4. The van der Waals surface area contributed by atoms with Crippen molar-refractivity contribution in [3.8, 4) is 22.5 Å². The van der Waals surface area contributed by atoms with Crippen molar-refractivity contribution in [3.05, 3.63) is 99.2 Å². The van der Waals surface area contributed by atoms with E-state index in [0.717, 1.165) is 43.5 Å². The molecule has 2 heterocycles. The van der Waals surface area contributed by atoms with Crippen molar-refractivity contribution in [1.29, 1.82) is 0 Å². The van der Waals surface area contributed by atoms with Gasteiger partial charge < -0.3 is 16.4 Å². The number of rotatable bonds is 6. The predicted octanol–water partition coefficient (Wildman–Crippen LogP) is 6.96. The number of aromatic nitrogens is 2. The van der Waals surface area contributed by atoms with Gasteiger partial charge in [-0.25, -0.2) is 9.97 Å². The summed E-state index contributed by atoms with van der Waals surface area (Å²) in [7, 11) is 4.09. The van der Waals surface area contributed by atoms with Crippen molar-refractivity contribution < 1.29 is 0 Å². The molecule has 0 radical (unpaired) electrons. The third-order valence-corrected chi connectivity index (χ3v) is 8.16. The molecule has 2 aromatic heterocycles. The van der Waals surface area contributed by atoms with Gasteiger partial charge in [0, 0.05) is 40.7 Å². The van der Waals surface area contributed by atoms with Crippen molar-refractivity contribution in [3.63, 3.8) is 0 Å².